The second kappa shape index (κ2) is 10.5. The van der Waals surface area contributed by atoms with E-state index in [4.69, 9.17) is 23.2 Å². The molecule has 5 nitrogen and oxygen atoms in total. The molecular formula is C18H26Cl2N4O. The lowest BCUT2D eigenvalue weighted by Crippen LogP contribution is -2.39. The molecule has 1 aliphatic rings. The van der Waals surface area contributed by atoms with Gasteiger partial charge in [0.05, 0.1) is 0 Å². The highest BCUT2D eigenvalue weighted by molar-refractivity contribution is 6.35. The first kappa shape index (κ1) is 19.9. The summed E-state index contributed by atoms with van der Waals surface area (Å²) in [5, 5.41) is 7.79. The summed E-state index contributed by atoms with van der Waals surface area (Å²) in [6.45, 7) is 5.43. The zero-order chi connectivity index (χ0) is 18.1. The van der Waals surface area contributed by atoms with Crippen LogP contribution in [0.2, 0.25) is 10.0 Å². The lowest BCUT2D eigenvalue weighted by molar-refractivity contribution is -0.128. The summed E-state index contributed by atoms with van der Waals surface area (Å²) in [5.41, 5.74) is 1.08. The van der Waals surface area contributed by atoms with Crippen molar-refractivity contribution < 1.29 is 4.79 Å². The van der Waals surface area contributed by atoms with Crippen LogP contribution in [0.1, 0.15) is 31.7 Å². The van der Waals surface area contributed by atoms with E-state index in [1.165, 1.54) is 0 Å². The van der Waals surface area contributed by atoms with Crippen LogP contribution in [0, 0.1) is 0 Å². The summed E-state index contributed by atoms with van der Waals surface area (Å²) in [7, 11) is 0. The molecule has 0 aromatic heterocycles. The van der Waals surface area contributed by atoms with Crippen molar-refractivity contribution in [1.82, 2.24) is 15.5 Å². The lowest BCUT2D eigenvalue weighted by atomic mass is 10.1. The fourth-order valence-corrected chi connectivity index (χ4v) is 3.27. The summed E-state index contributed by atoms with van der Waals surface area (Å²) in [4.78, 5) is 18.3. The Kier molecular flexibility index (Phi) is 8.35. The normalized spacial score (nSPS) is 14.7. The van der Waals surface area contributed by atoms with E-state index in [0.717, 1.165) is 57.4 Å². The van der Waals surface area contributed by atoms with Crippen LogP contribution in [0.3, 0.4) is 0 Å². The molecule has 0 saturated carbocycles. The molecule has 0 atom stereocenters. The van der Waals surface area contributed by atoms with Gasteiger partial charge in [-0.3, -0.25) is 4.79 Å². The van der Waals surface area contributed by atoms with E-state index in [0.29, 0.717) is 16.0 Å². The summed E-state index contributed by atoms with van der Waals surface area (Å²) < 4.78 is 0. The standard InChI is InChI=1S/C18H26Cl2N4O/c1-2-21-18(23-13-17(25)24-10-3-4-11-24)22-9-5-6-14-7-8-15(19)12-16(14)20/h7-8,12H,2-6,9-11,13H2,1H3,(H2,21,22,23). The Labute approximate surface area is 159 Å². The van der Waals surface area contributed by atoms with Gasteiger partial charge >= 0.3 is 0 Å². The number of aryl methyl sites for hydroxylation is 1. The molecule has 0 bridgehead atoms. The second-order valence-electron chi connectivity index (χ2n) is 6.05. The van der Waals surface area contributed by atoms with E-state index < -0.39 is 0 Å². The molecule has 0 unspecified atom stereocenters. The van der Waals surface area contributed by atoms with Crippen LogP contribution in [0.25, 0.3) is 0 Å². The molecule has 1 fully saturated rings. The third-order valence-electron chi connectivity index (χ3n) is 4.11. The number of amides is 1. The minimum Gasteiger partial charge on any atom is -0.357 e. The Morgan fingerprint density at radius 2 is 2.00 bits per heavy atom. The summed E-state index contributed by atoms with van der Waals surface area (Å²) in [6, 6.07) is 5.58. The maximum absolute atomic E-state index is 12.1. The molecule has 7 heteroatoms. The highest BCUT2D eigenvalue weighted by Gasteiger charge is 2.17. The van der Waals surface area contributed by atoms with Crippen molar-refractivity contribution in [3.05, 3.63) is 33.8 Å². The Balaban J connectivity index is 1.76. The quantitative estimate of drug-likeness (QED) is 0.431. The first-order valence-corrected chi connectivity index (χ1v) is 9.59. The molecule has 0 radical (unpaired) electrons. The molecule has 2 rings (SSSR count). The van der Waals surface area contributed by atoms with Gasteiger partial charge in [-0.2, -0.15) is 0 Å². The molecule has 1 saturated heterocycles. The fraction of sp³-hybridized carbons (Fsp3) is 0.556. The average Bonchev–Trinajstić information content (AvgIpc) is 3.12. The second-order valence-corrected chi connectivity index (χ2v) is 6.89. The Hall–Kier alpha value is -1.46. The van der Waals surface area contributed by atoms with Gasteiger partial charge in [0.1, 0.15) is 6.54 Å². The van der Waals surface area contributed by atoms with E-state index in [1.807, 2.05) is 24.0 Å². The highest BCUT2D eigenvalue weighted by atomic mass is 35.5. The number of aliphatic imine (C=N–C) groups is 1. The van der Waals surface area contributed by atoms with Gasteiger partial charge in [-0.1, -0.05) is 29.3 Å². The number of carbonyl (C=O) groups excluding carboxylic acids is 1. The summed E-state index contributed by atoms with van der Waals surface area (Å²) >= 11 is 12.1. The summed E-state index contributed by atoms with van der Waals surface area (Å²) in [6.07, 6.45) is 3.96. The van der Waals surface area contributed by atoms with Crippen molar-refractivity contribution in [3.8, 4) is 0 Å². The molecule has 25 heavy (non-hydrogen) atoms. The van der Waals surface area contributed by atoms with Gasteiger partial charge < -0.3 is 15.5 Å². The number of carbonyl (C=O) groups is 1. The van der Waals surface area contributed by atoms with Crippen molar-refractivity contribution in [2.75, 3.05) is 32.7 Å². The molecular weight excluding hydrogens is 359 g/mol. The molecule has 2 N–H and O–H groups in total. The predicted molar refractivity (Wildman–Crippen MR) is 105 cm³/mol. The molecule has 1 aromatic rings. The van der Waals surface area contributed by atoms with Crippen LogP contribution < -0.4 is 10.6 Å². The third kappa shape index (κ3) is 6.75. The topological polar surface area (TPSA) is 56.7 Å². The number of rotatable bonds is 7. The number of halogens is 2. The third-order valence-corrected chi connectivity index (χ3v) is 4.69. The molecule has 1 aliphatic heterocycles. The number of nitrogens with one attached hydrogen (secondary N) is 2. The van der Waals surface area contributed by atoms with Crippen molar-refractivity contribution in [3.63, 3.8) is 0 Å². The zero-order valence-electron chi connectivity index (χ0n) is 14.7. The Morgan fingerprint density at radius 1 is 1.24 bits per heavy atom. The summed E-state index contributed by atoms with van der Waals surface area (Å²) in [5.74, 6) is 0.778. The highest BCUT2D eigenvalue weighted by Crippen LogP contribution is 2.21. The predicted octanol–water partition coefficient (Wildman–Crippen LogP) is 3.10. The SMILES string of the molecule is CCNC(=NCC(=O)N1CCCC1)NCCCc1ccc(Cl)cc1Cl. The van der Waals surface area contributed by atoms with Crippen molar-refractivity contribution >= 4 is 35.1 Å². The first-order valence-electron chi connectivity index (χ1n) is 8.84. The number of hydrogen-bond acceptors (Lipinski definition) is 2. The maximum atomic E-state index is 12.1. The lowest BCUT2D eigenvalue weighted by Gasteiger charge is -2.15. The number of guanidine groups is 1. The van der Waals surface area contributed by atoms with Crippen molar-refractivity contribution in [2.24, 2.45) is 4.99 Å². The van der Waals surface area contributed by atoms with Crippen LogP contribution in [-0.4, -0.2) is 49.5 Å². The van der Waals surface area contributed by atoms with Crippen LogP contribution in [0.15, 0.2) is 23.2 Å². The van der Waals surface area contributed by atoms with Crippen molar-refractivity contribution in [2.45, 2.75) is 32.6 Å². The van der Waals surface area contributed by atoms with E-state index in [2.05, 4.69) is 15.6 Å². The van der Waals surface area contributed by atoms with Crippen LogP contribution in [0.4, 0.5) is 0 Å². The van der Waals surface area contributed by atoms with Gasteiger partial charge in [0.2, 0.25) is 5.91 Å². The molecule has 138 valence electrons. The molecule has 0 spiro atoms. The molecule has 1 aromatic carbocycles. The van der Waals surface area contributed by atoms with Crippen LogP contribution in [0.5, 0.6) is 0 Å². The Bertz CT molecular complexity index is 601. The number of benzene rings is 1. The number of nitrogens with zero attached hydrogens (tertiary/aromatic N) is 2. The van der Waals surface area contributed by atoms with E-state index in [9.17, 15) is 4.79 Å². The molecule has 1 heterocycles. The van der Waals surface area contributed by atoms with Gasteiger partial charge in [0.15, 0.2) is 5.96 Å². The van der Waals surface area contributed by atoms with Gasteiger partial charge in [0.25, 0.3) is 0 Å². The number of hydrogen-bond donors (Lipinski definition) is 2. The minimum absolute atomic E-state index is 0.0997. The monoisotopic (exact) mass is 384 g/mol. The average molecular weight is 385 g/mol. The number of likely N-dealkylation sites (tertiary alicyclic amines) is 1. The molecule has 0 aliphatic carbocycles. The first-order chi connectivity index (χ1) is 12.1. The van der Waals surface area contributed by atoms with Gasteiger partial charge in [-0.05, 0) is 50.3 Å². The van der Waals surface area contributed by atoms with Gasteiger partial charge in [0, 0.05) is 36.2 Å². The molecule has 1 amide bonds. The fourth-order valence-electron chi connectivity index (χ4n) is 2.77. The van der Waals surface area contributed by atoms with Crippen LogP contribution in [-0.2, 0) is 11.2 Å². The largest absolute Gasteiger partial charge is 0.357 e. The van der Waals surface area contributed by atoms with E-state index in [1.54, 1.807) is 6.07 Å². The minimum atomic E-state index is 0.0997. The maximum Gasteiger partial charge on any atom is 0.244 e. The van der Waals surface area contributed by atoms with E-state index >= 15 is 0 Å². The van der Waals surface area contributed by atoms with Gasteiger partial charge in [-0.15, -0.1) is 0 Å². The van der Waals surface area contributed by atoms with Gasteiger partial charge in [-0.25, -0.2) is 4.99 Å². The van der Waals surface area contributed by atoms with E-state index in [-0.39, 0.29) is 12.5 Å². The van der Waals surface area contributed by atoms with Crippen LogP contribution >= 0.6 is 23.2 Å². The Morgan fingerprint density at radius 3 is 2.68 bits per heavy atom. The smallest absolute Gasteiger partial charge is 0.244 e. The zero-order valence-corrected chi connectivity index (χ0v) is 16.2. The van der Waals surface area contributed by atoms with Crippen molar-refractivity contribution in [1.29, 1.82) is 0 Å².